The zero-order valence-corrected chi connectivity index (χ0v) is 13.5. The maximum absolute atomic E-state index is 12.3. The van der Waals surface area contributed by atoms with Gasteiger partial charge < -0.3 is 16.4 Å². The standard InChI is InChI=1S/C18H21N3O2/c1-11-4-5-12(2)16(10-11)20-13(3)18(23)21-15-8-6-14(7-9-15)17(19)22/h4-10,13,20H,1-3H3,(H2,19,22)(H,21,23)/t13-/m0/s1. The molecule has 0 bridgehead atoms. The lowest BCUT2D eigenvalue weighted by atomic mass is 10.1. The fourth-order valence-electron chi connectivity index (χ4n) is 2.16. The van der Waals surface area contributed by atoms with E-state index in [0.29, 0.717) is 11.3 Å². The van der Waals surface area contributed by atoms with Gasteiger partial charge in [0.15, 0.2) is 0 Å². The lowest BCUT2D eigenvalue weighted by molar-refractivity contribution is -0.116. The summed E-state index contributed by atoms with van der Waals surface area (Å²) in [5, 5.41) is 6.02. The molecular weight excluding hydrogens is 290 g/mol. The largest absolute Gasteiger partial charge is 0.374 e. The first kappa shape index (κ1) is 16.5. The van der Waals surface area contributed by atoms with Crippen molar-refractivity contribution in [2.24, 2.45) is 5.73 Å². The van der Waals surface area contributed by atoms with Crippen LogP contribution in [0.4, 0.5) is 11.4 Å². The van der Waals surface area contributed by atoms with E-state index in [1.165, 1.54) is 0 Å². The van der Waals surface area contributed by atoms with Gasteiger partial charge in [0.05, 0.1) is 0 Å². The molecule has 0 aliphatic rings. The molecule has 0 saturated heterocycles. The van der Waals surface area contributed by atoms with E-state index in [4.69, 9.17) is 5.73 Å². The van der Waals surface area contributed by atoms with Crippen molar-refractivity contribution in [2.45, 2.75) is 26.8 Å². The molecule has 0 heterocycles. The SMILES string of the molecule is Cc1ccc(C)c(N[C@@H](C)C(=O)Nc2ccc(C(N)=O)cc2)c1. The van der Waals surface area contributed by atoms with Crippen LogP contribution in [0.2, 0.25) is 0 Å². The van der Waals surface area contributed by atoms with Gasteiger partial charge >= 0.3 is 0 Å². The molecule has 0 aromatic heterocycles. The molecule has 0 unspecified atom stereocenters. The van der Waals surface area contributed by atoms with Crippen LogP contribution >= 0.6 is 0 Å². The molecular formula is C18H21N3O2. The summed E-state index contributed by atoms with van der Waals surface area (Å²) in [6.45, 7) is 5.81. The van der Waals surface area contributed by atoms with Crippen molar-refractivity contribution in [1.82, 2.24) is 0 Å². The Kier molecular flexibility index (Phi) is 5.01. The smallest absolute Gasteiger partial charge is 0.248 e. The Morgan fingerprint density at radius 1 is 1.04 bits per heavy atom. The minimum Gasteiger partial charge on any atom is -0.374 e. The second-order valence-electron chi connectivity index (χ2n) is 5.62. The Morgan fingerprint density at radius 3 is 2.30 bits per heavy atom. The summed E-state index contributed by atoms with van der Waals surface area (Å²) in [7, 11) is 0. The second kappa shape index (κ2) is 6.96. The first-order valence-corrected chi connectivity index (χ1v) is 7.41. The molecule has 0 spiro atoms. The number of benzene rings is 2. The van der Waals surface area contributed by atoms with E-state index in [1.807, 2.05) is 32.0 Å². The third-order valence-corrected chi connectivity index (χ3v) is 3.60. The maximum atomic E-state index is 12.3. The van der Waals surface area contributed by atoms with Crippen molar-refractivity contribution in [3.05, 3.63) is 59.2 Å². The molecule has 0 aliphatic heterocycles. The number of carbonyl (C=O) groups excluding carboxylic acids is 2. The van der Waals surface area contributed by atoms with E-state index in [-0.39, 0.29) is 5.91 Å². The number of anilines is 2. The maximum Gasteiger partial charge on any atom is 0.248 e. The lowest BCUT2D eigenvalue weighted by Crippen LogP contribution is -2.32. The number of hydrogen-bond acceptors (Lipinski definition) is 3. The summed E-state index contributed by atoms with van der Waals surface area (Å²) in [5.41, 5.74) is 9.37. The minimum absolute atomic E-state index is 0.155. The minimum atomic E-state index is -0.493. The molecule has 0 saturated carbocycles. The van der Waals surface area contributed by atoms with Crippen LogP contribution < -0.4 is 16.4 Å². The summed E-state index contributed by atoms with van der Waals surface area (Å²) < 4.78 is 0. The quantitative estimate of drug-likeness (QED) is 0.794. The molecule has 0 aliphatic carbocycles. The van der Waals surface area contributed by atoms with Crippen LogP contribution in [0.25, 0.3) is 0 Å². The predicted molar refractivity (Wildman–Crippen MR) is 92.6 cm³/mol. The summed E-state index contributed by atoms with van der Waals surface area (Å²) in [6.07, 6.45) is 0. The summed E-state index contributed by atoms with van der Waals surface area (Å²) in [4.78, 5) is 23.3. The van der Waals surface area contributed by atoms with Crippen molar-refractivity contribution in [3.8, 4) is 0 Å². The second-order valence-corrected chi connectivity index (χ2v) is 5.62. The van der Waals surface area contributed by atoms with Crippen LogP contribution in [0.1, 0.15) is 28.4 Å². The molecule has 2 aromatic rings. The average molecular weight is 311 g/mol. The molecule has 2 aromatic carbocycles. The van der Waals surface area contributed by atoms with Crippen LogP contribution in [0.15, 0.2) is 42.5 Å². The van der Waals surface area contributed by atoms with Crippen LogP contribution in [0, 0.1) is 13.8 Å². The summed E-state index contributed by atoms with van der Waals surface area (Å²) in [6, 6.07) is 12.1. The summed E-state index contributed by atoms with van der Waals surface area (Å²) in [5.74, 6) is -0.648. The molecule has 0 radical (unpaired) electrons. The molecule has 4 N–H and O–H groups in total. The van der Waals surface area contributed by atoms with Gasteiger partial charge in [0.25, 0.3) is 0 Å². The van der Waals surface area contributed by atoms with Crippen molar-refractivity contribution in [3.63, 3.8) is 0 Å². The normalized spacial score (nSPS) is 11.6. The van der Waals surface area contributed by atoms with Gasteiger partial charge in [-0.25, -0.2) is 0 Å². The first-order chi connectivity index (χ1) is 10.9. The van der Waals surface area contributed by atoms with E-state index >= 15 is 0 Å². The van der Waals surface area contributed by atoms with Gasteiger partial charge in [0.1, 0.15) is 6.04 Å². The number of aryl methyl sites for hydroxylation is 2. The lowest BCUT2D eigenvalue weighted by Gasteiger charge is -2.17. The molecule has 1 atom stereocenters. The zero-order valence-electron chi connectivity index (χ0n) is 13.5. The fourth-order valence-corrected chi connectivity index (χ4v) is 2.16. The van der Waals surface area contributed by atoms with Crippen molar-refractivity contribution < 1.29 is 9.59 Å². The number of carbonyl (C=O) groups is 2. The highest BCUT2D eigenvalue weighted by molar-refractivity contribution is 5.97. The number of rotatable bonds is 5. The molecule has 2 rings (SSSR count). The summed E-state index contributed by atoms with van der Waals surface area (Å²) >= 11 is 0. The Bertz CT molecular complexity index is 724. The van der Waals surface area contributed by atoms with Gasteiger partial charge in [-0.15, -0.1) is 0 Å². The molecule has 0 fully saturated rings. The Morgan fingerprint density at radius 2 is 1.70 bits per heavy atom. The van der Waals surface area contributed by atoms with E-state index in [9.17, 15) is 9.59 Å². The average Bonchev–Trinajstić information content (AvgIpc) is 2.51. The van der Waals surface area contributed by atoms with Gasteiger partial charge in [0, 0.05) is 16.9 Å². The highest BCUT2D eigenvalue weighted by Gasteiger charge is 2.14. The van der Waals surface area contributed by atoms with E-state index in [1.54, 1.807) is 31.2 Å². The molecule has 5 nitrogen and oxygen atoms in total. The molecule has 23 heavy (non-hydrogen) atoms. The number of nitrogens with one attached hydrogen (secondary N) is 2. The van der Waals surface area contributed by atoms with E-state index < -0.39 is 11.9 Å². The van der Waals surface area contributed by atoms with Crippen molar-refractivity contribution >= 4 is 23.2 Å². The molecule has 5 heteroatoms. The third kappa shape index (κ3) is 4.32. The van der Waals surface area contributed by atoms with Crippen LogP contribution in [0.5, 0.6) is 0 Å². The Hall–Kier alpha value is -2.82. The molecule has 2 amide bonds. The highest BCUT2D eigenvalue weighted by Crippen LogP contribution is 2.18. The predicted octanol–water partition coefficient (Wildman–Crippen LogP) is 2.84. The van der Waals surface area contributed by atoms with E-state index in [2.05, 4.69) is 10.6 Å². The number of primary amides is 1. The zero-order chi connectivity index (χ0) is 17.0. The number of amides is 2. The first-order valence-electron chi connectivity index (χ1n) is 7.41. The topological polar surface area (TPSA) is 84.2 Å². The number of hydrogen-bond donors (Lipinski definition) is 3. The molecule has 120 valence electrons. The van der Waals surface area contributed by atoms with Crippen LogP contribution in [0.3, 0.4) is 0 Å². The van der Waals surface area contributed by atoms with Crippen LogP contribution in [-0.4, -0.2) is 17.9 Å². The monoisotopic (exact) mass is 311 g/mol. The van der Waals surface area contributed by atoms with Gasteiger partial charge in [0.2, 0.25) is 11.8 Å². The van der Waals surface area contributed by atoms with Gasteiger partial charge in [-0.1, -0.05) is 12.1 Å². The number of nitrogens with two attached hydrogens (primary N) is 1. The van der Waals surface area contributed by atoms with Crippen molar-refractivity contribution in [1.29, 1.82) is 0 Å². The van der Waals surface area contributed by atoms with Crippen molar-refractivity contribution in [2.75, 3.05) is 10.6 Å². The van der Waals surface area contributed by atoms with Gasteiger partial charge in [-0.2, -0.15) is 0 Å². The van der Waals surface area contributed by atoms with Gasteiger partial charge in [-0.05, 0) is 62.2 Å². The van der Waals surface area contributed by atoms with Gasteiger partial charge in [-0.3, -0.25) is 9.59 Å². The fraction of sp³-hybridized carbons (Fsp3) is 0.222. The Labute approximate surface area is 135 Å². The van der Waals surface area contributed by atoms with Crippen LogP contribution in [-0.2, 0) is 4.79 Å². The van der Waals surface area contributed by atoms with E-state index in [0.717, 1.165) is 16.8 Å². The highest BCUT2D eigenvalue weighted by atomic mass is 16.2. The Balaban J connectivity index is 2.02. The third-order valence-electron chi connectivity index (χ3n) is 3.60.